The highest BCUT2D eigenvalue weighted by Gasteiger charge is 2.63. The average Bonchev–Trinajstić information content (AvgIpc) is 3.33. The van der Waals surface area contributed by atoms with Gasteiger partial charge in [0.25, 0.3) is 0 Å². The number of aromatic hydroxyl groups is 1. The second-order valence-electron chi connectivity index (χ2n) is 12.9. The third kappa shape index (κ3) is 9.38. The van der Waals surface area contributed by atoms with Crippen LogP contribution in [0.3, 0.4) is 0 Å². The van der Waals surface area contributed by atoms with Gasteiger partial charge in [0.05, 0.1) is 25.4 Å². The van der Waals surface area contributed by atoms with Crippen LogP contribution in [0.15, 0.2) is 42.2 Å². The van der Waals surface area contributed by atoms with E-state index in [4.69, 9.17) is 33.2 Å². The van der Waals surface area contributed by atoms with Crippen LogP contribution in [0, 0.1) is 17.8 Å². The molecule has 1 saturated carbocycles. The molecule has 2 aliphatic heterocycles. The Hall–Kier alpha value is -4.06. The Labute approximate surface area is 288 Å². The van der Waals surface area contributed by atoms with Crippen LogP contribution < -0.4 is 0 Å². The molecule has 0 bridgehead atoms. The van der Waals surface area contributed by atoms with Gasteiger partial charge in [0.2, 0.25) is 6.29 Å². The summed E-state index contributed by atoms with van der Waals surface area (Å²) in [5.74, 6) is -4.92. The van der Waals surface area contributed by atoms with Crippen molar-refractivity contribution < 1.29 is 77.9 Å². The summed E-state index contributed by atoms with van der Waals surface area (Å²) in [5, 5.41) is 52.6. The first-order valence-corrected chi connectivity index (χ1v) is 16.1. The zero-order chi connectivity index (χ0) is 36.7. The van der Waals surface area contributed by atoms with Gasteiger partial charge < -0.3 is 58.7 Å². The van der Waals surface area contributed by atoms with Gasteiger partial charge in [-0.25, -0.2) is 4.79 Å². The number of esters is 4. The van der Waals surface area contributed by atoms with Crippen LogP contribution in [0.2, 0.25) is 0 Å². The highest BCUT2D eigenvalue weighted by Crippen LogP contribution is 2.51. The van der Waals surface area contributed by atoms with Crippen molar-refractivity contribution in [1.29, 1.82) is 0 Å². The summed E-state index contributed by atoms with van der Waals surface area (Å²) in [5.41, 5.74) is -1.18. The number of phenolic OH excluding ortho intramolecular Hbond substituents is 1. The fourth-order valence-electron chi connectivity index (χ4n) is 6.21. The fourth-order valence-corrected chi connectivity index (χ4v) is 6.21. The van der Waals surface area contributed by atoms with E-state index in [0.717, 1.165) is 19.9 Å². The third-order valence-electron chi connectivity index (χ3n) is 8.59. The molecule has 16 heteroatoms. The lowest BCUT2D eigenvalue weighted by Crippen LogP contribution is -2.60. The maximum atomic E-state index is 12.8. The van der Waals surface area contributed by atoms with E-state index in [-0.39, 0.29) is 31.1 Å². The Balaban J connectivity index is 1.58. The first-order chi connectivity index (χ1) is 23.6. The van der Waals surface area contributed by atoms with Crippen LogP contribution in [0.4, 0.5) is 0 Å². The van der Waals surface area contributed by atoms with Crippen molar-refractivity contribution in [1.82, 2.24) is 0 Å². The Bertz CT molecular complexity index is 1420. The molecule has 50 heavy (non-hydrogen) atoms. The molecule has 1 saturated heterocycles. The summed E-state index contributed by atoms with van der Waals surface area (Å²) < 4.78 is 39.1. The highest BCUT2D eigenvalue weighted by atomic mass is 16.7. The second-order valence-corrected chi connectivity index (χ2v) is 12.9. The van der Waals surface area contributed by atoms with Gasteiger partial charge >= 0.3 is 23.9 Å². The fraction of sp³-hybridized carbons (Fsp3) is 0.588. The van der Waals surface area contributed by atoms with E-state index in [1.165, 1.54) is 24.5 Å². The summed E-state index contributed by atoms with van der Waals surface area (Å²) >= 11 is 0. The number of hydrogen-bond acceptors (Lipinski definition) is 16. The van der Waals surface area contributed by atoms with Crippen molar-refractivity contribution >= 4 is 30.0 Å². The van der Waals surface area contributed by atoms with Gasteiger partial charge in [0, 0.05) is 32.3 Å². The Kier molecular flexibility index (Phi) is 13.0. The predicted octanol–water partition coefficient (Wildman–Crippen LogP) is 0.464. The minimum absolute atomic E-state index is 0.0284. The van der Waals surface area contributed by atoms with E-state index in [1.807, 2.05) is 13.8 Å². The minimum atomic E-state index is -2.07. The summed E-state index contributed by atoms with van der Waals surface area (Å²) in [6.45, 7) is 4.19. The largest absolute Gasteiger partial charge is 0.508 e. The predicted molar refractivity (Wildman–Crippen MR) is 168 cm³/mol. The molecule has 0 unspecified atom stereocenters. The quantitative estimate of drug-likeness (QED) is 0.106. The molecule has 4 rings (SSSR count). The number of hydrogen-bond donors (Lipinski definition) is 5. The van der Waals surface area contributed by atoms with Gasteiger partial charge in [-0.15, -0.1) is 0 Å². The molecule has 1 aliphatic carbocycles. The maximum Gasteiger partial charge on any atom is 0.331 e. The molecule has 0 amide bonds. The molecule has 2 heterocycles. The number of phenols is 1. The van der Waals surface area contributed by atoms with Gasteiger partial charge in [0.1, 0.15) is 42.4 Å². The molecule has 1 aromatic carbocycles. The Morgan fingerprint density at radius 1 is 1.00 bits per heavy atom. The van der Waals surface area contributed by atoms with Crippen LogP contribution in [0.1, 0.15) is 46.1 Å². The number of carbonyl (C=O) groups is 4. The monoisotopic (exact) mass is 708 g/mol. The van der Waals surface area contributed by atoms with E-state index < -0.39 is 97.6 Å². The lowest BCUT2D eigenvalue weighted by molar-refractivity contribution is -0.302. The average molecular weight is 709 g/mol. The van der Waals surface area contributed by atoms with Crippen molar-refractivity contribution in [3.05, 3.63) is 47.7 Å². The van der Waals surface area contributed by atoms with Gasteiger partial charge in [-0.05, 0) is 41.7 Å². The van der Waals surface area contributed by atoms with Crippen molar-refractivity contribution in [3.8, 4) is 5.75 Å². The zero-order valence-corrected chi connectivity index (χ0v) is 28.1. The van der Waals surface area contributed by atoms with Gasteiger partial charge in [0.15, 0.2) is 12.4 Å². The van der Waals surface area contributed by atoms with Crippen molar-refractivity contribution in [2.45, 2.75) is 89.2 Å². The highest BCUT2D eigenvalue weighted by molar-refractivity contribution is 5.87. The summed E-state index contributed by atoms with van der Waals surface area (Å²) in [7, 11) is 0. The molecule has 0 radical (unpaired) electrons. The van der Waals surface area contributed by atoms with Crippen LogP contribution in [-0.2, 0) is 52.3 Å². The number of benzene rings is 1. The van der Waals surface area contributed by atoms with Gasteiger partial charge in [-0.3, -0.25) is 14.4 Å². The number of fused-ring (bicyclic) bond motifs is 1. The lowest BCUT2D eigenvalue weighted by Gasteiger charge is -2.42. The number of ether oxygens (including phenoxy) is 7. The first kappa shape index (κ1) is 38.7. The topological polar surface area (TPSA) is 234 Å². The zero-order valence-electron chi connectivity index (χ0n) is 28.1. The third-order valence-corrected chi connectivity index (χ3v) is 8.59. The van der Waals surface area contributed by atoms with Crippen LogP contribution in [-0.4, -0.2) is 118 Å². The molecule has 0 aromatic heterocycles. The standard InChI is InChI=1S/C34H44O16/c1-17(2)11-27(40)50-32-28-23(12-25(47-19(4)37)34(28,43)16-46-18(3)36)21(14-44-32)15-45-33-31(30(42)29(41)24(13-35)48-33)49-26(39)10-7-20-5-8-22(38)9-6-20/h5-10,14,17,23-25,28-33,35,38,41-43H,11-13,15-16H2,1-4H3/b10-7-/t23-,24+,25-,28-,29+,30-,31+,32-,33+,34+/m0/s1. The van der Waals surface area contributed by atoms with Crippen molar-refractivity contribution in [2.24, 2.45) is 17.8 Å². The maximum absolute atomic E-state index is 12.8. The van der Waals surface area contributed by atoms with E-state index in [1.54, 1.807) is 12.1 Å². The molecule has 1 aromatic rings. The Morgan fingerprint density at radius 2 is 1.70 bits per heavy atom. The number of aliphatic hydroxyl groups excluding tert-OH is 3. The number of rotatable bonds is 13. The van der Waals surface area contributed by atoms with Crippen LogP contribution in [0.25, 0.3) is 6.08 Å². The molecule has 276 valence electrons. The minimum Gasteiger partial charge on any atom is -0.508 e. The van der Waals surface area contributed by atoms with Crippen molar-refractivity contribution in [3.63, 3.8) is 0 Å². The molecule has 3 aliphatic rings. The summed E-state index contributed by atoms with van der Waals surface area (Å²) in [4.78, 5) is 49.3. The smallest absolute Gasteiger partial charge is 0.331 e. The van der Waals surface area contributed by atoms with Crippen LogP contribution in [0.5, 0.6) is 5.75 Å². The second kappa shape index (κ2) is 16.8. The van der Waals surface area contributed by atoms with E-state index >= 15 is 0 Å². The summed E-state index contributed by atoms with van der Waals surface area (Å²) in [6.07, 6.45) is -6.77. The molecule has 2 fully saturated rings. The van der Waals surface area contributed by atoms with E-state index in [9.17, 15) is 44.7 Å². The van der Waals surface area contributed by atoms with E-state index in [0.29, 0.717) is 11.1 Å². The van der Waals surface area contributed by atoms with Crippen molar-refractivity contribution in [2.75, 3.05) is 19.8 Å². The Morgan fingerprint density at radius 3 is 2.32 bits per heavy atom. The van der Waals surface area contributed by atoms with Gasteiger partial charge in [-0.2, -0.15) is 0 Å². The van der Waals surface area contributed by atoms with Crippen LogP contribution >= 0.6 is 0 Å². The van der Waals surface area contributed by atoms with Gasteiger partial charge in [-0.1, -0.05) is 26.0 Å². The molecule has 10 atom stereocenters. The lowest BCUT2D eigenvalue weighted by atomic mass is 9.80. The molecular weight excluding hydrogens is 664 g/mol. The molecule has 16 nitrogen and oxygen atoms in total. The SMILES string of the molecule is CC(=O)OC[C@]1(O)[C@@H]2[C@H](OC(=O)CC(C)C)OC=C(CO[C@@H]3O[C@H](CO)[C@@H](O)[C@H](O)[C@H]3OC(=O)/C=C\c3ccc(O)cc3)[C@@H]2C[C@@H]1OC(C)=O. The molecule has 0 spiro atoms. The van der Waals surface area contributed by atoms with E-state index in [2.05, 4.69) is 0 Å². The molecular formula is C34H44O16. The molecule has 5 N–H and O–H groups in total. The number of carbonyl (C=O) groups excluding carboxylic acids is 4. The number of aliphatic hydroxyl groups is 4. The normalized spacial score (nSPS) is 32.1. The first-order valence-electron chi connectivity index (χ1n) is 16.1. The summed E-state index contributed by atoms with van der Waals surface area (Å²) in [6, 6.07) is 5.93.